The number of aliphatic carboxylic acids is 2. The number of hydrogen-bond acceptors (Lipinski definition) is 3. The van der Waals surface area contributed by atoms with E-state index in [1.54, 1.807) is 0 Å². The van der Waals surface area contributed by atoms with Crippen molar-refractivity contribution in [1.29, 1.82) is 0 Å². The molecule has 0 saturated heterocycles. The molecule has 0 spiro atoms. The summed E-state index contributed by atoms with van der Waals surface area (Å²) in [6.07, 6.45) is -0.102. The quantitative estimate of drug-likeness (QED) is 0.727. The molecule has 0 aliphatic heterocycles. The second-order valence-corrected chi connectivity index (χ2v) is 4.84. The SMILES string of the molecule is O=C(O)CCC(NCc1cccc2ccccc12)C(=O)O. The first-order valence-electron chi connectivity index (χ1n) is 6.72. The van der Waals surface area contributed by atoms with Crippen molar-refractivity contribution in [3.63, 3.8) is 0 Å². The highest BCUT2D eigenvalue weighted by Gasteiger charge is 2.18. The molecule has 1 atom stereocenters. The first kappa shape index (κ1) is 15.0. The third kappa shape index (κ3) is 4.03. The average molecular weight is 287 g/mol. The molecule has 0 aliphatic rings. The summed E-state index contributed by atoms with van der Waals surface area (Å²) in [7, 11) is 0. The zero-order valence-corrected chi connectivity index (χ0v) is 11.5. The second-order valence-electron chi connectivity index (χ2n) is 4.84. The van der Waals surface area contributed by atoms with Gasteiger partial charge in [0.2, 0.25) is 0 Å². The molecule has 1 unspecified atom stereocenters. The Labute approximate surface area is 122 Å². The first-order chi connectivity index (χ1) is 10.1. The Morgan fingerprint density at radius 3 is 2.48 bits per heavy atom. The van der Waals surface area contributed by atoms with E-state index in [2.05, 4.69) is 5.32 Å². The maximum atomic E-state index is 11.1. The van der Waals surface area contributed by atoms with Gasteiger partial charge in [-0.1, -0.05) is 42.5 Å². The van der Waals surface area contributed by atoms with Gasteiger partial charge >= 0.3 is 11.9 Å². The molecule has 0 bridgehead atoms. The zero-order chi connectivity index (χ0) is 15.2. The Hall–Kier alpha value is -2.40. The van der Waals surface area contributed by atoms with Crippen molar-refractivity contribution in [2.75, 3.05) is 0 Å². The summed E-state index contributed by atoms with van der Waals surface area (Å²) in [6, 6.07) is 12.9. The van der Waals surface area contributed by atoms with Crippen LogP contribution in [0.15, 0.2) is 42.5 Å². The van der Waals surface area contributed by atoms with Crippen LogP contribution in [0.4, 0.5) is 0 Å². The standard InChI is InChI=1S/C16H17NO4/c18-15(19)9-8-14(16(20)21)17-10-12-6-3-5-11-4-1-2-7-13(11)12/h1-7,14,17H,8-10H2,(H,18,19)(H,20,21). The smallest absolute Gasteiger partial charge is 0.320 e. The van der Waals surface area contributed by atoms with Gasteiger partial charge in [-0.3, -0.25) is 9.59 Å². The summed E-state index contributed by atoms with van der Waals surface area (Å²) in [5.74, 6) is -2.02. The Morgan fingerprint density at radius 1 is 1.05 bits per heavy atom. The minimum Gasteiger partial charge on any atom is -0.481 e. The molecular weight excluding hydrogens is 270 g/mol. The fraction of sp³-hybridized carbons (Fsp3) is 0.250. The summed E-state index contributed by atoms with van der Waals surface area (Å²) in [4.78, 5) is 21.7. The number of carboxylic acids is 2. The number of carboxylic acid groups (broad SMARTS) is 2. The average Bonchev–Trinajstić information content (AvgIpc) is 2.46. The van der Waals surface area contributed by atoms with Crippen LogP contribution in [0.5, 0.6) is 0 Å². The third-order valence-electron chi connectivity index (χ3n) is 3.36. The van der Waals surface area contributed by atoms with Gasteiger partial charge in [0.1, 0.15) is 6.04 Å². The van der Waals surface area contributed by atoms with E-state index in [0.717, 1.165) is 16.3 Å². The molecule has 0 saturated carbocycles. The van der Waals surface area contributed by atoms with E-state index in [4.69, 9.17) is 10.2 Å². The van der Waals surface area contributed by atoms with Crippen molar-refractivity contribution in [2.45, 2.75) is 25.4 Å². The molecule has 2 aromatic rings. The van der Waals surface area contributed by atoms with Crippen LogP contribution in [0.2, 0.25) is 0 Å². The van der Waals surface area contributed by atoms with E-state index >= 15 is 0 Å². The lowest BCUT2D eigenvalue weighted by Gasteiger charge is -2.14. The lowest BCUT2D eigenvalue weighted by Crippen LogP contribution is -2.36. The van der Waals surface area contributed by atoms with E-state index in [1.165, 1.54) is 0 Å². The fourth-order valence-electron chi connectivity index (χ4n) is 2.26. The fourth-order valence-corrected chi connectivity index (χ4v) is 2.26. The van der Waals surface area contributed by atoms with Crippen LogP contribution in [0.3, 0.4) is 0 Å². The van der Waals surface area contributed by atoms with Gasteiger partial charge in [-0.25, -0.2) is 0 Å². The van der Waals surface area contributed by atoms with E-state index in [1.807, 2.05) is 42.5 Å². The zero-order valence-electron chi connectivity index (χ0n) is 11.5. The molecule has 0 aromatic heterocycles. The molecule has 0 radical (unpaired) electrons. The number of benzene rings is 2. The lowest BCUT2D eigenvalue weighted by molar-refractivity contribution is -0.140. The molecule has 5 heteroatoms. The molecule has 0 heterocycles. The maximum Gasteiger partial charge on any atom is 0.320 e. The van der Waals surface area contributed by atoms with E-state index in [0.29, 0.717) is 6.54 Å². The van der Waals surface area contributed by atoms with Crippen LogP contribution in [-0.2, 0) is 16.1 Å². The summed E-state index contributed by atoms with van der Waals surface area (Å²) >= 11 is 0. The van der Waals surface area contributed by atoms with Crippen LogP contribution in [0.25, 0.3) is 10.8 Å². The van der Waals surface area contributed by atoms with Gasteiger partial charge in [-0.2, -0.15) is 0 Å². The van der Waals surface area contributed by atoms with Gasteiger partial charge in [-0.05, 0) is 22.8 Å². The summed E-state index contributed by atoms with van der Waals surface area (Å²) in [6.45, 7) is 0.387. The van der Waals surface area contributed by atoms with Crippen LogP contribution in [0, 0.1) is 0 Å². The van der Waals surface area contributed by atoms with Crippen LogP contribution >= 0.6 is 0 Å². The summed E-state index contributed by atoms with van der Waals surface area (Å²) < 4.78 is 0. The van der Waals surface area contributed by atoms with Gasteiger partial charge in [-0.15, -0.1) is 0 Å². The second kappa shape index (κ2) is 6.85. The number of hydrogen-bond donors (Lipinski definition) is 3. The van der Waals surface area contributed by atoms with Crippen molar-refractivity contribution in [2.24, 2.45) is 0 Å². The van der Waals surface area contributed by atoms with E-state index in [-0.39, 0.29) is 12.8 Å². The summed E-state index contributed by atoms with van der Waals surface area (Å²) in [5, 5.41) is 22.8. The predicted octanol–water partition coefficient (Wildman–Crippen LogP) is 2.25. The molecule has 2 rings (SSSR count). The summed E-state index contributed by atoms with van der Waals surface area (Å²) in [5.41, 5.74) is 0.995. The maximum absolute atomic E-state index is 11.1. The number of carbonyl (C=O) groups is 2. The van der Waals surface area contributed by atoms with Gasteiger partial charge in [0.15, 0.2) is 0 Å². The van der Waals surface area contributed by atoms with Crippen molar-refractivity contribution >= 4 is 22.7 Å². The molecule has 5 nitrogen and oxygen atoms in total. The monoisotopic (exact) mass is 287 g/mol. The van der Waals surface area contributed by atoms with Crippen LogP contribution < -0.4 is 5.32 Å². The molecule has 0 fully saturated rings. The van der Waals surface area contributed by atoms with Crippen molar-refractivity contribution in [3.05, 3.63) is 48.0 Å². The Balaban J connectivity index is 2.08. The molecule has 3 N–H and O–H groups in total. The van der Waals surface area contributed by atoms with Gasteiger partial charge in [0.25, 0.3) is 0 Å². The molecule has 0 aliphatic carbocycles. The topological polar surface area (TPSA) is 86.6 Å². The van der Waals surface area contributed by atoms with Gasteiger partial charge in [0.05, 0.1) is 0 Å². The molecule has 110 valence electrons. The minimum atomic E-state index is -1.03. The largest absolute Gasteiger partial charge is 0.481 e. The van der Waals surface area contributed by atoms with Crippen molar-refractivity contribution in [1.82, 2.24) is 5.32 Å². The van der Waals surface area contributed by atoms with Crippen molar-refractivity contribution in [3.8, 4) is 0 Å². The number of nitrogens with one attached hydrogen (secondary N) is 1. The highest BCUT2D eigenvalue weighted by molar-refractivity contribution is 5.85. The van der Waals surface area contributed by atoms with E-state index in [9.17, 15) is 9.59 Å². The minimum absolute atomic E-state index is 0.0649. The Bertz CT molecular complexity index is 648. The highest BCUT2D eigenvalue weighted by atomic mass is 16.4. The normalized spacial score (nSPS) is 12.2. The number of rotatable bonds is 7. The van der Waals surface area contributed by atoms with Crippen molar-refractivity contribution < 1.29 is 19.8 Å². The van der Waals surface area contributed by atoms with Crippen LogP contribution in [-0.4, -0.2) is 28.2 Å². The molecule has 2 aromatic carbocycles. The number of fused-ring (bicyclic) bond motifs is 1. The van der Waals surface area contributed by atoms with Gasteiger partial charge in [0, 0.05) is 13.0 Å². The predicted molar refractivity (Wildman–Crippen MR) is 79.1 cm³/mol. The highest BCUT2D eigenvalue weighted by Crippen LogP contribution is 2.18. The Kier molecular flexibility index (Phi) is 4.90. The molecule has 21 heavy (non-hydrogen) atoms. The molecular formula is C16H17NO4. The Morgan fingerprint density at radius 2 is 1.76 bits per heavy atom. The third-order valence-corrected chi connectivity index (χ3v) is 3.36. The first-order valence-corrected chi connectivity index (χ1v) is 6.72. The van der Waals surface area contributed by atoms with E-state index < -0.39 is 18.0 Å². The molecule has 0 amide bonds. The van der Waals surface area contributed by atoms with Gasteiger partial charge < -0.3 is 15.5 Å². The lowest BCUT2D eigenvalue weighted by atomic mass is 10.0. The van der Waals surface area contributed by atoms with Crippen LogP contribution in [0.1, 0.15) is 18.4 Å².